The lowest BCUT2D eigenvalue weighted by atomic mass is 9.89. The molecule has 0 spiro atoms. The van der Waals surface area contributed by atoms with Gasteiger partial charge in [-0.05, 0) is 24.8 Å². The van der Waals surface area contributed by atoms with Gasteiger partial charge in [-0.3, -0.25) is 4.99 Å². The molecule has 0 aromatic heterocycles. The largest absolute Gasteiger partial charge is 0.493 e. The van der Waals surface area contributed by atoms with E-state index >= 15 is 0 Å². The van der Waals surface area contributed by atoms with Crippen molar-refractivity contribution in [3.8, 4) is 17.2 Å². The minimum absolute atomic E-state index is 0.0303. The highest BCUT2D eigenvalue weighted by Crippen LogP contribution is 2.39. The van der Waals surface area contributed by atoms with Gasteiger partial charge in [-0.2, -0.15) is 0 Å². The Labute approximate surface area is 169 Å². The predicted octanol–water partition coefficient (Wildman–Crippen LogP) is 2.87. The molecule has 0 fully saturated rings. The van der Waals surface area contributed by atoms with E-state index in [0.717, 1.165) is 24.5 Å². The second-order valence-electron chi connectivity index (χ2n) is 7.48. The smallest absolute Gasteiger partial charge is 0.203 e. The summed E-state index contributed by atoms with van der Waals surface area (Å²) in [5, 5.41) is 6.65. The van der Waals surface area contributed by atoms with Crippen LogP contribution in [-0.4, -0.2) is 60.1 Å². The van der Waals surface area contributed by atoms with Crippen molar-refractivity contribution < 1.29 is 18.9 Å². The Bertz CT molecular complexity index is 627. The van der Waals surface area contributed by atoms with Gasteiger partial charge in [0, 0.05) is 25.8 Å². The molecule has 0 aliphatic heterocycles. The average Bonchev–Trinajstić information content (AvgIpc) is 2.66. The van der Waals surface area contributed by atoms with Crippen LogP contribution in [0.5, 0.6) is 17.2 Å². The van der Waals surface area contributed by atoms with Crippen LogP contribution in [0.4, 0.5) is 0 Å². The fourth-order valence-electron chi connectivity index (χ4n) is 2.89. The number of methoxy groups -OCH3 is 4. The molecule has 1 rings (SSSR count). The van der Waals surface area contributed by atoms with Crippen LogP contribution in [0.15, 0.2) is 17.1 Å². The molecule has 0 saturated carbocycles. The van der Waals surface area contributed by atoms with E-state index in [0.29, 0.717) is 30.3 Å². The normalized spacial score (nSPS) is 13.1. The van der Waals surface area contributed by atoms with Crippen LogP contribution in [0.2, 0.25) is 0 Å². The molecule has 28 heavy (non-hydrogen) atoms. The molecule has 2 N–H and O–H groups in total. The van der Waals surface area contributed by atoms with Crippen molar-refractivity contribution in [1.82, 2.24) is 10.6 Å². The summed E-state index contributed by atoms with van der Waals surface area (Å²) in [5.74, 6) is 2.72. The molecule has 1 aromatic carbocycles. The zero-order valence-electron chi connectivity index (χ0n) is 18.6. The Morgan fingerprint density at radius 2 is 1.68 bits per heavy atom. The van der Waals surface area contributed by atoms with Crippen molar-refractivity contribution in [2.75, 3.05) is 48.1 Å². The van der Waals surface area contributed by atoms with Crippen molar-refractivity contribution in [3.63, 3.8) is 0 Å². The standard InChI is InChI=1S/C21H37N3O4/c1-9-22-20(24-14-17(26-6)21(2,3)4)23-13-12-15-10-11-16(25-5)19(28-8)18(15)27-7/h10-11,17H,9,12-14H2,1-8H3,(H2,22,23,24). The Morgan fingerprint density at radius 3 is 2.18 bits per heavy atom. The van der Waals surface area contributed by atoms with Crippen LogP contribution in [0.25, 0.3) is 0 Å². The fraction of sp³-hybridized carbons (Fsp3) is 0.667. The number of hydrogen-bond acceptors (Lipinski definition) is 5. The molecule has 0 amide bonds. The second-order valence-corrected chi connectivity index (χ2v) is 7.48. The number of rotatable bonds is 10. The Balaban J connectivity index is 2.81. The lowest BCUT2D eigenvalue weighted by Crippen LogP contribution is -2.40. The van der Waals surface area contributed by atoms with Gasteiger partial charge in [0.1, 0.15) is 0 Å². The third kappa shape index (κ3) is 6.78. The molecular weight excluding hydrogens is 358 g/mol. The second kappa shape index (κ2) is 11.6. The van der Waals surface area contributed by atoms with Crippen LogP contribution < -0.4 is 24.8 Å². The van der Waals surface area contributed by atoms with Gasteiger partial charge in [-0.1, -0.05) is 26.8 Å². The minimum atomic E-state index is 0.0303. The number of ether oxygens (including phenoxy) is 4. The van der Waals surface area contributed by atoms with Gasteiger partial charge in [-0.25, -0.2) is 0 Å². The van der Waals surface area contributed by atoms with Gasteiger partial charge in [0.25, 0.3) is 0 Å². The molecule has 0 radical (unpaired) electrons. The third-order valence-corrected chi connectivity index (χ3v) is 4.48. The fourth-order valence-corrected chi connectivity index (χ4v) is 2.89. The quantitative estimate of drug-likeness (QED) is 0.469. The van der Waals surface area contributed by atoms with E-state index in [1.54, 1.807) is 28.4 Å². The number of aliphatic imine (C=N–C) groups is 1. The molecule has 0 aliphatic rings. The number of benzene rings is 1. The third-order valence-electron chi connectivity index (χ3n) is 4.48. The van der Waals surface area contributed by atoms with Crippen LogP contribution in [0.1, 0.15) is 33.3 Å². The molecule has 0 bridgehead atoms. The summed E-state index contributed by atoms with van der Waals surface area (Å²) in [7, 11) is 6.59. The molecule has 160 valence electrons. The summed E-state index contributed by atoms with van der Waals surface area (Å²) in [4.78, 5) is 4.68. The average molecular weight is 396 g/mol. The Hall–Kier alpha value is -2.15. The molecule has 0 heterocycles. The van der Waals surface area contributed by atoms with Crippen molar-refractivity contribution in [3.05, 3.63) is 17.7 Å². The van der Waals surface area contributed by atoms with Gasteiger partial charge >= 0.3 is 0 Å². The summed E-state index contributed by atoms with van der Waals surface area (Å²) >= 11 is 0. The number of hydrogen-bond donors (Lipinski definition) is 2. The van der Waals surface area contributed by atoms with Crippen molar-refractivity contribution >= 4 is 5.96 Å². The maximum Gasteiger partial charge on any atom is 0.203 e. The highest BCUT2D eigenvalue weighted by molar-refractivity contribution is 5.79. The van der Waals surface area contributed by atoms with Crippen LogP contribution in [0.3, 0.4) is 0 Å². The first-order valence-electron chi connectivity index (χ1n) is 9.65. The molecule has 0 aliphatic carbocycles. The van der Waals surface area contributed by atoms with E-state index in [1.165, 1.54) is 0 Å². The molecule has 0 saturated heterocycles. The van der Waals surface area contributed by atoms with Crippen LogP contribution in [0, 0.1) is 5.41 Å². The Kier molecular flexibility index (Phi) is 9.93. The SMILES string of the molecule is CCNC(=NCC(OC)C(C)(C)C)NCCc1ccc(OC)c(OC)c1OC. The molecule has 1 unspecified atom stereocenters. The van der Waals surface area contributed by atoms with E-state index in [9.17, 15) is 0 Å². The van der Waals surface area contributed by atoms with Crippen LogP contribution >= 0.6 is 0 Å². The van der Waals surface area contributed by atoms with E-state index in [1.807, 2.05) is 19.1 Å². The molecule has 1 aromatic rings. The number of guanidine groups is 1. The number of nitrogens with zero attached hydrogens (tertiary/aromatic N) is 1. The summed E-state index contributed by atoms with van der Waals surface area (Å²) in [6.45, 7) is 10.6. The van der Waals surface area contributed by atoms with Crippen molar-refractivity contribution in [2.24, 2.45) is 10.4 Å². The highest BCUT2D eigenvalue weighted by Gasteiger charge is 2.24. The zero-order valence-corrected chi connectivity index (χ0v) is 18.6. The first-order chi connectivity index (χ1) is 13.3. The summed E-state index contributed by atoms with van der Waals surface area (Å²) < 4.78 is 21.9. The van der Waals surface area contributed by atoms with Gasteiger partial charge < -0.3 is 29.6 Å². The summed E-state index contributed by atoms with van der Waals surface area (Å²) in [6.07, 6.45) is 0.801. The first-order valence-corrected chi connectivity index (χ1v) is 9.65. The monoisotopic (exact) mass is 395 g/mol. The molecule has 7 heteroatoms. The van der Waals surface area contributed by atoms with E-state index in [2.05, 4.69) is 36.4 Å². The van der Waals surface area contributed by atoms with Crippen molar-refractivity contribution in [2.45, 2.75) is 40.2 Å². The van der Waals surface area contributed by atoms with Gasteiger partial charge in [0.15, 0.2) is 17.5 Å². The summed E-state index contributed by atoms with van der Waals surface area (Å²) in [6, 6.07) is 3.88. The van der Waals surface area contributed by atoms with E-state index < -0.39 is 0 Å². The molecule has 1 atom stereocenters. The first kappa shape index (κ1) is 23.9. The van der Waals surface area contributed by atoms with Gasteiger partial charge in [0.05, 0.1) is 34.0 Å². The van der Waals surface area contributed by atoms with E-state index in [-0.39, 0.29) is 11.5 Å². The topological polar surface area (TPSA) is 73.3 Å². The maximum absolute atomic E-state index is 5.59. The lowest BCUT2D eigenvalue weighted by Gasteiger charge is -2.28. The lowest BCUT2D eigenvalue weighted by molar-refractivity contribution is 0.0241. The highest BCUT2D eigenvalue weighted by atomic mass is 16.5. The van der Waals surface area contributed by atoms with Gasteiger partial charge in [0.2, 0.25) is 5.75 Å². The van der Waals surface area contributed by atoms with E-state index in [4.69, 9.17) is 18.9 Å². The summed E-state index contributed by atoms with van der Waals surface area (Å²) in [5.41, 5.74) is 1.07. The maximum atomic E-state index is 5.59. The predicted molar refractivity (Wildman–Crippen MR) is 114 cm³/mol. The molecular formula is C21H37N3O4. The van der Waals surface area contributed by atoms with Gasteiger partial charge in [-0.15, -0.1) is 0 Å². The Morgan fingerprint density at radius 1 is 1.00 bits per heavy atom. The zero-order chi connectivity index (χ0) is 21.2. The minimum Gasteiger partial charge on any atom is -0.493 e. The van der Waals surface area contributed by atoms with Crippen LogP contribution in [-0.2, 0) is 11.2 Å². The molecule has 7 nitrogen and oxygen atoms in total. The number of nitrogens with one attached hydrogen (secondary N) is 2. The van der Waals surface area contributed by atoms with Crippen molar-refractivity contribution in [1.29, 1.82) is 0 Å².